The molecule has 0 aliphatic rings. The molecule has 1 heteroatoms. The molecule has 0 unspecified atom stereocenters. The Labute approximate surface area is 162 Å². The van der Waals surface area contributed by atoms with E-state index in [1.807, 2.05) is 0 Å². The summed E-state index contributed by atoms with van der Waals surface area (Å²) in [6.07, 6.45) is 0. The summed E-state index contributed by atoms with van der Waals surface area (Å²) < 4.78 is 0. The molecule has 0 spiro atoms. The summed E-state index contributed by atoms with van der Waals surface area (Å²) in [5, 5.41) is 2.93. The van der Waals surface area contributed by atoms with Crippen molar-refractivity contribution in [1.82, 2.24) is 0 Å². The van der Waals surface area contributed by atoms with Gasteiger partial charge in [0, 0.05) is 0 Å². The van der Waals surface area contributed by atoms with Crippen LogP contribution in [-0.4, -0.2) is 6.66 Å². The predicted octanol–water partition coefficient (Wildman–Crippen LogP) is 5.81. The van der Waals surface area contributed by atoms with E-state index in [9.17, 15) is 0 Å². The Bertz CT molecular complexity index is 885. The Hall–Kier alpha value is -2.69. The monoisotopic (exact) mass is 368 g/mol. The van der Waals surface area contributed by atoms with Gasteiger partial charge in [-0.1, -0.05) is 0 Å². The normalized spacial score (nSPS) is 12.1. The molecule has 4 aromatic carbocycles. The van der Waals surface area contributed by atoms with Crippen LogP contribution in [0.4, 0.5) is 0 Å². The van der Waals surface area contributed by atoms with Gasteiger partial charge < -0.3 is 0 Å². The fraction of sp³-hybridized carbons (Fsp3) is 0.0769. The van der Waals surface area contributed by atoms with Crippen LogP contribution in [0.1, 0.15) is 16.8 Å². The molecule has 0 radical (unpaired) electrons. The molecule has 0 atom stereocenters. The van der Waals surface area contributed by atoms with Gasteiger partial charge in [0.15, 0.2) is 0 Å². The van der Waals surface area contributed by atoms with E-state index in [0.717, 1.165) is 0 Å². The Morgan fingerprint density at radius 2 is 0.741 bits per heavy atom. The second-order valence-electron chi connectivity index (χ2n) is 7.19. The Balaban J connectivity index is 2.01. The van der Waals surface area contributed by atoms with Crippen LogP contribution in [0, 0.1) is 0 Å². The van der Waals surface area contributed by atoms with Gasteiger partial charge in [-0.2, -0.15) is 0 Å². The summed E-state index contributed by atoms with van der Waals surface area (Å²) >= 11 is 0. The van der Waals surface area contributed by atoms with E-state index in [0.29, 0.717) is 5.66 Å². The van der Waals surface area contributed by atoms with Crippen LogP contribution in [0.5, 0.6) is 0 Å². The van der Waals surface area contributed by atoms with Gasteiger partial charge in [-0.3, -0.25) is 0 Å². The maximum atomic E-state index is 2.52. The van der Waals surface area contributed by atoms with Crippen LogP contribution in [0.25, 0.3) is 0 Å². The average Bonchev–Trinajstić information content (AvgIpc) is 2.76. The van der Waals surface area contributed by atoms with Crippen LogP contribution < -0.4 is 10.6 Å². The van der Waals surface area contributed by atoms with Gasteiger partial charge in [0.05, 0.1) is 0 Å². The van der Waals surface area contributed by atoms with Crippen LogP contribution in [0.15, 0.2) is 121 Å². The van der Waals surface area contributed by atoms with Crippen LogP contribution in [-0.2, 0) is 0 Å². The first kappa shape index (κ1) is 17.7. The number of hydrogen-bond donors (Lipinski definition) is 0. The van der Waals surface area contributed by atoms with E-state index in [-0.39, 0.29) is 0 Å². The van der Waals surface area contributed by atoms with E-state index < -0.39 is 7.26 Å². The van der Waals surface area contributed by atoms with E-state index in [2.05, 4.69) is 128 Å². The maximum absolute atomic E-state index is 2.52. The summed E-state index contributed by atoms with van der Waals surface area (Å²) in [6.45, 7) is 2.52. The van der Waals surface area contributed by atoms with Gasteiger partial charge >= 0.3 is 163 Å². The van der Waals surface area contributed by atoms with Crippen molar-refractivity contribution in [2.45, 2.75) is 5.66 Å². The zero-order valence-electron chi connectivity index (χ0n) is 15.6. The molecule has 0 bridgehead atoms. The zero-order valence-corrected chi connectivity index (χ0v) is 16.6. The molecular weight excluding hydrogens is 343 g/mol. The molecule has 0 aromatic heterocycles. The van der Waals surface area contributed by atoms with Crippen molar-refractivity contribution in [3.8, 4) is 0 Å². The Morgan fingerprint density at radius 1 is 0.444 bits per heavy atom. The molecular formula is C26H25P. The van der Waals surface area contributed by atoms with Gasteiger partial charge in [-0.15, -0.1) is 0 Å². The first-order valence-corrected chi connectivity index (χ1v) is 12.1. The molecule has 0 heterocycles. The number of rotatable bonds is 5. The molecule has 134 valence electrons. The SMILES string of the molecule is C[PH](c1ccccc1)(c1ccccc1)C(c1ccccc1)c1ccccc1. The van der Waals surface area contributed by atoms with Crippen molar-refractivity contribution in [2.75, 3.05) is 6.66 Å². The zero-order chi connectivity index (χ0) is 18.5. The topological polar surface area (TPSA) is 0 Å². The predicted molar refractivity (Wildman–Crippen MR) is 121 cm³/mol. The molecule has 0 nitrogen and oxygen atoms in total. The fourth-order valence-electron chi connectivity index (χ4n) is 4.22. The molecule has 4 aromatic rings. The molecule has 0 aliphatic heterocycles. The molecule has 0 amide bonds. The van der Waals surface area contributed by atoms with Gasteiger partial charge in [-0.05, 0) is 0 Å². The first-order valence-electron chi connectivity index (χ1n) is 9.51. The number of benzene rings is 4. The second-order valence-corrected chi connectivity index (χ2v) is 11.3. The third-order valence-corrected chi connectivity index (χ3v) is 10.5. The average molecular weight is 368 g/mol. The summed E-state index contributed by atoms with van der Waals surface area (Å²) in [7, 11) is -2.11. The third-order valence-electron chi connectivity index (χ3n) is 5.59. The Morgan fingerprint density at radius 3 is 1.07 bits per heavy atom. The molecule has 0 aliphatic carbocycles. The summed E-state index contributed by atoms with van der Waals surface area (Å²) in [6, 6.07) is 44.2. The Kier molecular flexibility index (Phi) is 5.19. The minimum atomic E-state index is -2.11. The van der Waals surface area contributed by atoms with Crippen LogP contribution >= 0.6 is 7.26 Å². The molecule has 27 heavy (non-hydrogen) atoms. The van der Waals surface area contributed by atoms with Crippen molar-refractivity contribution in [3.05, 3.63) is 132 Å². The van der Waals surface area contributed by atoms with Crippen molar-refractivity contribution in [1.29, 1.82) is 0 Å². The van der Waals surface area contributed by atoms with Gasteiger partial charge in [0.25, 0.3) is 0 Å². The fourth-order valence-corrected chi connectivity index (χ4v) is 8.71. The molecule has 4 rings (SSSR count). The van der Waals surface area contributed by atoms with E-state index in [1.54, 1.807) is 0 Å². The van der Waals surface area contributed by atoms with Crippen molar-refractivity contribution >= 4 is 17.9 Å². The van der Waals surface area contributed by atoms with Crippen LogP contribution in [0.3, 0.4) is 0 Å². The van der Waals surface area contributed by atoms with Crippen LogP contribution in [0.2, 0.25) is 0 Å². The first-order chi connectivity index (χ1) is 13.3. The standard InChI is InChI=1S/C26H25P/c1-27(24-18-10-4-11-19-24,25-20-12-5-13-21-25)26(22-14-6-2-7-15-22)23-16-8-3-9-17-23/h2-21,26-27H,1H3. The summed E-state index contributed by atoms with van der Waals surface area (Å²) in [5.74, 6) is 0. The second kappa shape index (κ2) is 7.91. The molecule has 0 N–H and O–H groups in total. The van der Waals surface area contributed by atoms with Gasteiger partial charge in [0.2, 0.25) is 0 Å². The third kappa shape index (κ3) is 3.46. The summed E-state index contributed by atoms with van der Waals surface area (Å²) in [5.41, 5.74) is 3.14. The quantitative estimate of drug-likeness (QED) is 0.390. The molecule has 0 fully saturated rings. The minimum absolute atomic E-state index is 0.352. The number of hydrogen-bond acceptors (Lipinski definition) is 0. The van der Waals surface area contributed by atoms with Crippen molar-refractivity contribution in [3.63, 3.8) is 0 Å². The van der Waals surface area contributed by atoms with E-state index in [1.165, 1.54) is 21.7 Å². The molecule has 0 saturated heterocycles. The van der Waals surface area contributed by atoms with Crippen molar-refractivity contribution < 1.29 is 0 Å². The molecule has 0 saturated carbocycles. The van der Waals surface area contributed by atoms with Crippen molar-refractivity contribution in [2.24, 2.45) is 0 Å². The van der Waals surface area contributed by atoms with E-state index >= 15 is 0 Å². The van der Waals surface area contributed by atoms with Gasteiger partial charge in [-0.25, -0.2) is 0 Å². The van der Waals surface area contributed by atoms with E-state index in [4.69, 9.17) is 0 Å². The van der Waals surface area contributed by atoms with Gasteiger partial charge in [0.1, 0.15) is 0 Å². The summed E-state index contributed by atoms with van der Waals surface area (Å²) in [4.78, 5) is 0.